The summed E-state index contributed by atoms with van der Waals surface area (Å²) in [4.78, 5) is 30.0. The summed E-state index contributed by atoms with van der Waals surface area (Å²) in [5.74, 6) is 0.361. The lowest BCUT2D eigenvalue weighted by molar-refractivity contribution is 0.829. The fourth-order valence-electron chi connectivity index (χ4n) is 2.12. The summed E-state index contributed by atoms with van der Waals surface area (Å²) in [6.07, 6.45) is 1.63. The summed E-state index contributed by atoms with van der Waals surface area (Å²) < 4.78 is 3.81. The number of benzene rings is 1. The number of H-pyrrole nitrogens is 1. The molecular formula is C14H13BrN6O2. The number of hydrogen-bond donors (Lipinski definition) is 2. The van der Waals surface area contributed by atoms with E-state index in [9.17, 15) is 9.59 Å². The lowest BCUT2D eigenvalue weighted by atomic mass is 10.2. The average Bonchev–Trinajstić information content (AvgIpc) is 2.85. The Hall–Kier alpha value is -2.68. The normalized spacial score (nSPS) is 11.4. The zero-order valence-electron chi connectivity index (χ0n) is 12.4. The Labute approximate surface area is 138 Å². The number of imidazole rings is 1. The second-order valence-corrected chi connectivity index (χ2v) is 5.82. The lowest BCUT2D eigenvalue weighted by Gasteiger charge is -2.00. The number of aryl methyl sites for hydroxylation is 2. The SMILES string of the molecule is Cn1c(N/N=C\c2ccc(Br)cc2)nc2c1c(=O)[nH]c(=O)n2C. The van der Waals surface area contributed by atoms with E-state index in [0.717, 1.165) is 10.0 Å². The van der Waals surface area contributed by atoms with Gasteiger partial charge in [0.05, 0.1) is 6.21 Å². The van der Waals surface area contributed by atoms with E-state index in [-0.39, 0.29) is 0 Å². The molecule has 0 fully saturated rings. The van der Waals surface area contributed by atoms with Crippen LogP contribution < -0.4 is 16.7 Å². The third-order valence-corrected chi connectivity index (χ3v) is 3.91. The predicted octanol–water partition coefficient (Wildman–Crippen LogP) is 1.17. The predicted molar refractivity (Wildman–Crippen MR) is 91.9 cm³/mol. The number of hydrogen-bond acceptors (Lipinski definition) is 5. The number of rotatable bonds is 3. The van der Waals surface area contributed by atoms with Gasteiger partial charge in [0.1, 0.15) is 0 Å². The maximum absolute atomic E-state index is 11.9. The van der Waals surface area contributed by atoms with E-state index >= 15 is 0 Å². The Balaban J connectivity index is 1.95. The van der Waals surface area contributed by atoms with E-state index in [1.807, 2.05) is 24.3 Å². The minimum Gasteiger partial charge on any atom is -0.306 e. The molecule has 0 spiro atoms. The van der Waals surface area contributed by atoms with Crippen LogP contribution in [0.1, 0.15) is 5.56 Å². The Morgan fingerprint density at radius 3 is 2.61 bits per heavy atom. The summed E-state index contributed by atoms with van der Waals surface area (Å²) in [7, 11) is 3.22. The molecule has 0 atom stereocenters. The molecule has 1 aromatic carbocycles. The Morgan fingerprint density at radius 2 is 1.91 bits per heavy atom. The minimum absolute atomic E-state index is 0.294. The van der Waals surface area contributed by atoms with Gasteiger partial charge in [0.2, 0.25) is 5.95 Å². The molecule has 2 aromatic heterocycles. The summed E-state index contributed by atoms with van der Waals surface area (Å²) >= 11 is 3.36. The van der Waals surface area contributed by atoms with Crippen LogP contribution in [0.3, 0.4) is 0 Å². The maximum atomic E-state index is 11.9. The number of aromatic nitrogens is 4. The van der Waals surface area contributed by atoms with Crippen molar-refractivity contribution in [2.24, 2.45) is 19.2 Å². The van der Waals surface area contributed by atoms with Crippen molar-refractivity contribution in [1.82, 2.24) is 19.1 Å². The van der Waals surface area contributed by atoms with Crippen LogP contribution in [0.4, 0.5) is 5.95 Å². The van der Waals surface area contributed by atoms with Crippen LogP contribution in [0.15, 0.2) is 43.4 Å². The van der Waals surface area contributed by atoms with Crippen molar-refractivity contribution in [1.29, 1.82) is 0 Å². The van der Waals surface area contributed by atoms with Gasteiger partial charge in [0, 0.05) is 18.6 Å². The van der Waals surface area contributed by atoms with Gasteiger partial charge in [-0.25, -0.2) is 10.2 Å². The summed E-state index contributed by atoms with van der Waals surface area (Å²) in [5, 5.41) is 4.11. The van der Waals surface area contributed by atoms with Crippen LogP contribution in [0.5, 0.6) is 0 Å². The van der Waals surface area contributed by atoms with Gasteiger partial charge in [-0.3, -0.25) is 14.3 Å². The summed E-state index contributed by atoms with van der Waals surface area (Å²) in [6.45, 7) is 0. The van der Waals surface area contributed by atoms with Crippen LogP contribution >= 0.6 is 15.9 Å². The van der Waals surface area contributed by atoms with Crippen molar-refractivity contribution in [3.8, 4) is 0 Å². The highest BCUT2D eigenvalue weighted by molar-refractivity contribution is 9.10. The van der Waals surface area contributed by atoms with Crippen LogP contribution in [0.2, 0.25) is 0 Å². The molecule has 2 heterocycles. The number of nitrogens with one attached hydrogen (secondary N) is 2. The van der Waals surface area contributed by atoms with Crippen molar-refractivity contribution in [2.45, 2.75) is 0 Å². The highest BCUT2D eigenvalue weighted by Crippen LogP contribution is 2.13. The molecule has 0 saturated heterocycles. The molecule has 0 bridgehead atoms. The first kappa shape index (κ1) is 15.2. The van der Waals surface area contributed by atoms with E-state index in [4.69, 9.17) is 0 Å². The third-order valence-electron chi connectivity index (χ3n) is 3.38. The van der Waals surface area contributed by atoms with Crippen LogP contribution in [-0.2, 0) is 14.1 Å². The largest absolute Gasteiger partial charge is 0.329 e. The number of fused-ring (bicyclic) bond motifs is 1. The first-order valence-electron chi connectivity index (χ1n) is 6.68. The zero-order valence-corrected chi connectivity index (χ0v) is 14.0. The van der Waals surface area contributed by atoms with Gasteiger partial charge in [-0.1, -0.05) is 28.1 Å². The van der Waals surface area contributed by atoms with Gasteiger partial charge in [-0.05, 0) is 17.7 Å². The van der Waals surface area contributed by atoms with Crippen molar-refractivity contribution in [2.75, 3.05) is 5.43 Å². The van der Waals surface area contributed by atoms with Crippen molar-refractivity contribution in [3.63, 3.8) is 0 Å². The van der Waals surface area contributed by atoms with Gasteiger partial charge < -0.3 is 4.57 Å². The lowest BCUT2D eigenvalue weighted by Crippen LogP contribution is -2.29. The molecule has 0 radical (unpaired) electrons. The summed E-state index contributed by atoms with van der Waals surface area (Å²) in [5.41, 5.74) is 3.29. The Bertz CT molecular complexity index is 1010. The minimum atomic E-state index is -0.509. The third kappa shape index (κ3) is 2.82. The van der Waals surface area contributed by atoms with Gasteiger partial charge in [0.15, 0.2) is 11.2 Å². The fraction of sp³-hybridized carbons (Fsp3) is 0.143. The number of aromatic amines is 1. The number of nitrogens with zero attached hydrogens (tertiary/aromatic N) is 4. The van der Waals surface area contributed by atoms with Gasteiger partial charge in [0.25, 0.3) is 5.56 Å². The van der Waals surface area contributed by atoms with Crippen LogP contribution in [-0.4, -0.2) is 25.3 Å². The quantitative estimate of drug-likeness (QED) is 0.529. The monoisotopic (exact) mass is 376 g/mol. The molecule has 0 amide bonds. The first-order valence-corrected chi connectivity index (χ1v) is 7.47. The van der Waals surface area contributed by atoms with E-state index in [0.29, 0.717) is 17.1 Å². The van der Waals surface area contributed by atoms with E-state index < -0.39 is 11.2 Å². The number of halogens is 1. The smallest absolute Gasteiger partial charge is 0.306 e. The highest BCUT2D eigenvalue weighted by atomic mass is 79.9. The molecule has 3 rings (SSSR count). The second-order valence-electron chi connectivity index (χ2n) is 4.91. The van der Waals surface area contributed by atoms with Crippen molar-refractivity contribution < 1.29 is 0 Å². The standard InChI is InChI=1S/C14H13BrN6O2/c1-20-10-11(21(2)14(23)18-12(10)22)17-13(20)19-16-7-8-3-5-9(15)6-4-8/h3-7H,1-2H3,(H,17,19)(H,18,22,23)/b16-7-. The van der Waals surface area contributed by atoms with Crippen molar-refractivity contribution in [3.05, 3.63) is 55.1 Å². The number of anilines is 1. The second kappa shape index (κ2) is 5.84. The van der Waals surface area contributed by atoms with Crippen LogP contribution in [0.25, 0.3) is 11.2 Å². The summed E-state index contributed by atoms with van der Waals surface area (Å²) in [6, 6.07) is 7.62. The van der Waals surface area contributed by atoms with E-state index in [2.05, 4.69) is 36.4 Å². The van der Waals surface area contributed by atoms with Gasteiger partial charge in [-0.2, -0.15) is 10.1 Å². The Morgan fingerprint density at radius 1 is 1.22 bits per heavy atom. The fourth-order valence-corrected chi connectivity index (χ4v) is 2.39. The molecule has 9 heteroatoms. The molecule has 0 aliphatic rings. The molecule has 0 saturated carbocycles. The van der Waals surface area contributed by atoms with Gasteiger partial charge >= 0.3 is 5.69 Å². The molecule has 0 aliphatic heterocycles. The molecule has 8 nitrogen and oxygen atoms in total. The molecular weight excluding hydrogens is 364 g/mol. The molecule has 0 unspecified atom stereocenters. The molecule has 118 valence electrons. The zero-order chi connectivity index (χ0) is 16.6. The molecule has 0 aliphatic carbocycles. The van der Waals surface area contributed by atoms with Gasteiger partial charge in [-0.15, -0.1) is 0 Å². The molecule has 23 heavy (non-hydrogen) atoms. The molecule has 3 aromatic rings. The topological polar surface area (TPSA) is 97.1 Å². The maximum Gasteiger partial charge on any atom is 0.329 e. The van der Waals surface area contributed by atoms with Crippen LogP contribution in [0, 0.1) is 0 Å². The average molecular weight is 377 g/mol. The van der Waals surface area contributed by atoms with E-state index in [1.165, 1.54) is 4.57 Å². The Kier molecular flexibility index (Phi) is 3.87. The number of hydrazone groups is 1. The first-order chi connectivity index (χ1) is 11.0. The van der Waals surface area contributed by atoms with Crippen molar-refractivity contribution >= 4 is 39.3 Å². The highest BCUT2D eigenvalue weighted by Gasteiger charge is 2.14. The van der Waals surface area contributed by atoms with E-state index in [1.54, 1.807) is 24.9 Å². The molecule has 2 N–H and O–H groups in total.